The summed E-state index contributed by atoms with van der Waals surface area (Å²) in [7, 11) is 1.87. The van der Waals surface area contributed by atoms with E-state index < -0.39 is 0 Å². The smallest absolute Gasteiger partial charge is 0.193 e. The van der Waals surface area contributed by atoms with Crippen molar-refractivity contribution < 1.29 is 0 Å². The highest BCUT2D eigenvalue weighted by Gasteiger charge is 2.25. The van der Waals surface area contributed by atoms with Gasteiger partial charge in [0.05, 0.1) is 12.2 Å². The summed E-state index contributed by atoms with van der Waals surface area (Å²) in [4.78, 5) is 12.8. The number of nitrogens with one attached hydrogen (secondary N) is 1. The molecule has 29 heavy (non-hydrogen) atoms. The van der Waals surface area contributed by atoms with Crippen molar-refractivity contribution in [3.05, 3.63) is 72.6 Å². The van der Waals surface area contributed by atoms with Crippen molar-refractivity contribution in [2.24, 2.45) is 10.9 Å². The van der Waals surface area contributed by atoms with E-state index in [1.807, 2.05) is 25.0 Å². The molecule has 0 bridgehead atoms. The van der Waals surface area contributed by atoms with Gasteiger partial charge in [-0.25, -0.2) is 0 Å². The normalized spacial score (nSPS) is 16.7. The fourth-order valence-electron chi connectivity index (χ4n) is 3.71. The van der Waals surface area contributed by atoms with Crippen LogP contribution in [0, 0.1) is 5.92 Å². The second-order valence-electron chi connectivity index (χ2n) is 7.10. The zero-order valence-corrected chi connectivity index (χ0v) is 19.8. The molecule has 3 aromatic rings. The van der Waals surface area contributed by atoms with Crippen molar-refractivity contribution in [2.75, 3.05) is 25.9 Å². The number of hydrogen-bond donors (Lipinski definition) is 1. The van der Waals surface area contributed by atoms with Gasteiger partial charge in [0.15, 0.2) is 5.96 Å². The predicted octanol–water partition coefficient (Wildman–Crippen LogP) is 5.04. The standard InChI is InChI=1S/C23H26N4S.HI/c1-24-23(26-15-22-21-10-6-5-7-19(21)11-13-25-22)27-14-12-18(16-27)17-28-20-8-3-2-4-9-20;/h2-11,13,18H,12,14-17H2,1H3,(H,24,26);1H. The van der Waals surface area contributed by atoms with Crippen LogP contribution < -0.4 is 5.32 Å². The van der Waals surface area contributed by atoms with E-state index in [1.54, 1.807) is 0 Å². The molecular weight excluding hydrogens is 491 g/mol. The third kappa shape index (κ3) is 5.63. The van der Waals surface area contributed by atoms with Gasteiger partial charge in [-0.15, -0.1) is 35.7 Å². The van der Waals surface area contributed by atoms with Crippen LogP contribution in [0.5, 0.6) is 0 Å². The lowest BCUT2D eigenvalue weighted by molar-refractivity contribution is 0.474. The molecule has 4 nitrogen and oxygen atoms in total. The summed E-state index contributed by atoms with van der Waals surface area (Å²) in [5, 5.41) is 5.95. The van der Waals surface area contributed by atoms with E-state index in [2.05, 4.69) is 80.9 Å². The van der Waals surface area contributed by atoms with Crippen LogP contribution in [-0.2, 0) is 6.54 Å². The van der Waals surface area contributed by atoms with Gasteiger partial charge < -0.3 is 10.2 Å². The van der Waals surface area contributed by atoms with Crippen molar-refractivity contribution in [1.29, 1.82) is 0 Å². The van der Waals surface area contributed by atoms with Crippen LogP contribution in [0.4, 0.5) is 0 Å². The fraction of sp³-hybridized carbons (Fsp3) is 0.304. The topological polar surface area (TPSA) is 40.5 Å². The number of thioether (sulfide) groups is 1. The van der Waals surface area contributed by atoms with E-state index in [-0.39, 0.29) is 24.0 Å². The van der Waals surface area contributed by atoms with Gasteiger partial charge in [-0.3, -0.25) is 9.98 Å². The average Bonchev–Trinajstić information content (AvgIpc) is 3.22. The first-order valence-corrected chi connectivity index (χ1v) is 10.8. The Bertz CT molecular complexity index is 943. The molecule has 1 fully saturated rings. The molecule has 1 aliphatic rings. The second-order valence-corrected chi connectivity index (χ2v) is 8.20. The number of aromatic nitrogens is 1. The number of benzene rings is 2. The van der Waals surface area contributed by atoms with Crippen molar-refractivity contribution in [3.8, 4) is 0 Å². The lowest BCUT2D eigenvalue weighted by atomic mass is 10.1. The highest BCUT2D eigenvalue weighted by molar-refractivity contribution is 14.0. The quantitative estimate of drug-likeness (QED) is 0.222. The highest BCUT2D eigenvalue weighted by Crippen LogP contribution is 2.26. The number of rotatable bonds is 5. The van der Waals surface area contributed by atoms with Gasteiger partial charge in [0.25, 0.3) is 0 Å². The van der Waals surface area contributed by atoms with E-state index in [1.165, 1.54) is 22.1 Å². The Morgan fingerprint density at radius 1 is 1.14 bits per heavy atom. The minimum atomic E-state index is 0. The van der Waals surface area contributed by atoms with Gasteiger partial charge >= 0.3 is 0 Å². The molecule has 1 N–H and O–H groups in total. The van der Waals surface area contributed by atoms with Gasteiger partial charge in [0.2, 0.25) is 0 Å². The first-order chi connectivity index (χ1) is 13.8. The first-order valence-electron chi connectivity index (χ1n) is 9.79. The number of aliphatic imine (C=N–C) groups is 1. The van der Waals surface area contributed by atoms with Gasteiger partial charge in [0.1, 0.15) is 0 Å². The van der Waals surface area contributed by atoms with Gasteiger partial charge in [-0.1, -0.05) is 42.5 Å². The Balaban J connectivity index is 0.00000240. The summed E-state index contributed by atoms with van der Waals surface area (Å²) < 4.78 is 0. The van der Waals surface area contributed by atoms with E-state index in [4.69, 9.17) is 0 Å². The van der Waals surface area contributed by atoms with Crippen LogP contribution in [0.3, 0.4) is 0 Å². The summed E-state index contributed by atoms with van der Waals surface area (Å²) in [5.74, 6) is 2.82. The Morgan fingerprint density at radius 2 is 1.93 bits per heavy atom. The molecule has 1 atom stereocenters. The molecule has 0 radical (unpaired) electrons. The summed E-state index contributed by atoms with van der Waals surface area (Å²) in [6.07, 6.45) is 3.10. The first kappa shape index (κ1) is 21.9. The number of likely N-dealkylation sites (tertiary alicyclic amines) is 1. The largest absolute Gasteiger partial charge is 0.351 e. The van der Waals surface area contributed by atoms with Crippen LogP contribution in [-0.4, -0.2) is 41.7 Å². The second kappa shape index (κ2) is 10.8. The summed E-state index contributed by atoms with van der Waals surface area (Å²) in [6, 6.07) is 21.1. The van der Waals surface area contributed by atoms with E-state index >= 15 is 0 Å². The third-order valence-corrected chi connectivity index (χ3v) is 6.44. The molecule has 1 saturated heterocycles. The van der Waals surface area contributed by atoms with Crippen molar-refractivity contribution in [2.45, 2.75) is 17.9 Å². The maximum atomic E-state index is 4.58. The number of halogens is 1. The van der Waals surface area contributed by atoms with E-state index in [0.717, 1.165) is 30.5 Å². The Labute approximate surface area is 194 Å². The van der Waals surface area contributed by atoms with Crippen molar-refractivity contribution >= 4 is 52.5 Å². The molecule has 0 amide bonds. The summed E-state index contributed by atoms with van der Waals surface area (Å²) >= 11 is 1.95. The lowest BCUT2D eigenvalue weighted by Gasteiger charge is -2.22. The Morgan fingerprint density at radius 3 is 2.76 bits per heavy atom. The summed E-state index contributed by atoms with van der Waals surface area (Å²) in [5.41, 5.74) is 1.06. The zero-order valence-electron chi connectivity index (χ0n) is 16.6. The van der Waals surface area contributed by atoms with Gasteiger partial charge in [-0.05, 0) is 35.9 Å². The number of nitrogens with zero attached hydrogens (tertiary/aromatic N) is 3. The lowest BCUT2D eigenvalue weighted by Crippen LogP contribution is -2.39. The van der Waals surface area contributed by atoms with Gasteiger partial charge in [-0.2, -0.15) is 0 Å². The summed E-state index contributed by atoms with van der Waals surface area (Å²) in [6.45, 7) is 2.80. The van der Waals surface area contributed by atoms with Crippen LogP contribution in [0.25, 0.3) is 10.8 Å². The Kier molecular flexibility index (Phi) is 8.18. The molecule has 1 unspecified atom stereocenters. The monoisotopic (exact) mass is 518 g/mol. The molecule has 2 aromatic carbocycles. The minimum absolute atomic E-state index is 0. The number of hydrogen-bond acceptors (Lipinski definition) is 3. The maximum absolute atomic E-state index is 4.58. The van der Waals surface area contributed by atoms with Crippen molar-refractivity contribution in [3.63, 3.8) is 0 Å². The van der Waals surface area contributed by atoms with Crippen LogP contribution in [0.2, 0.25) is 0 Å². The van der Waals surface area contributed by atoms with Gasteiger partial charge in [0, 0.05) is 42.4 Å². The molecule has 0 aliphatic carbocycles. The third-order valence-electron chi connectivity index (χ3n) is 5.20. The van der Waals surface area contributed by atoms with E-state index in [9.17, 15) is 0 Å². The zero-order chi connectivity index (χ0) is 19.2. The number of guanidine groups is 1. The molecule has 0 saturated carbocycles. The molecule has 6 heteroatoms. The van der Waals surface area contributed by atoms with Crippen LogP contribution in [0.1, 0.15) is 12.1 Å². The fourth-order valence-corrected chi connectivity index (χ4v) is 4.76. The molecular formula is C23H27IN4S. The molecule has 2 heterocycles. The number of pyridine rings is 1. The molecule has 1 aliphatic heterocycles. The SMILES string of the molecule is CN=C(NCc1nccc2ccccc12)N1CCC(CSc2ccccc2)C1.I. The maximum Gasteiger partial charge on any atom is 0.193 e. The minimum Gasteiger partial charge on any atom is -0.351 e. The molecule has 0 spiro atoms. The van der Waals surface area contributed by atoms with Crippen molar-refractivity contribution in [1.82, 2.24) is 15.2 Å². The van der Waals surface area contributed by atoms with E-state index in [0.29, 0.717) is 12.5 Å². The predicted molar refractivity (Wildman–Crippen MR) is 134 cm³/mol. The number of fused-ring (bicyclic) bond motifs is 1. The Hall–Kier alpha value is -1.80. The molecule has 4 rings (SSSR count). The highest BCUT2D eigenvalue weighted by atomic mass is 127. The average molecular weight is 518 g/mol. The van der Waals surface area contributed by atoms with Crippen LogP contribution in [0.15, 0.2) is 76.7 Å². The molecule has 1 aromatic heterocycles. The van der Waals surface area contributed by atoms with Crippen LogP contribution >= 0.6 is 35.7 Å². The molecule has 152 valence electrons.